The fraction of sp³-hybridized carbons (Fsp3) is 0.154. The summed E-state index contributed by atoms with van der Waals surface area (Å²) in [4.78, 5) is 4.26. The maximum atomic E-state index is 5.87. The lowest BCUT2D eigenvalue weighted by atomic mass is 10.1. The summed E-state index contributed by atoms with van der Waals surface area (Å²) in [6.45, 7) is 1.18. The van der Waals surface area contributed by atoms with Gasteiger partial charge in [-0.2, -0.15) is 0 Å². The molecule has 0 aliphatic carbocycles. The molecule has 17 heavy (non-hydrogen) atoms. The van der Waals surface area contributed by atoms with Crippen molar-refractivity contribution in [2.45, 2.75) is 0 Å². The molecule has 0 radical (unpaired) electrons. The molecule has 2 heterocycles. The third kappa shape index (κ3) is 2.06. The smallest absolute Gasteiger partial charge is 0.162 e. The number of rotatable bonds is 1. The van der Waals surface area contributed by atoms with E-state index in [0.717, 1.165) is 22.8 Å². The van der Waals surface area contributed by atoms with Gasteiger partial charge in [0.1, 0.15) is 18.4 Å². The molecule has 2 aromatic rings. The Labute approximate surface area is 104 Å². The van der Waals surface area contributed by atoms with E-state index in [1.54, 1.807) is 6.07 Å². The lowest BCUT2D eigenvalue weighted by Crippen LogP contribution is -2.15. The third-order valence-electron chi connectivity index (χ3n) is 2.55. The highest BCUT2D eigenvalue weighted by Gasteiger charge is 2.12. The molecule has 3 nitrogen and oxygen atoms in total. The van der Waals surface area contributed by atoms with Crippen LogP contribution in [0, 0.1) is 0 Å². The Bertz CT molecular complexity index is 557. The van der Waals surface area contributed by atoms with Crippen LogP contribution in [0.15, 0.2) is 36.4 Å². The number of nitrogens with zero attached hydrogens (tertiary/aromatic N) is 1. The van der Waals surface area contributed by atoms with E-state index in [1.165, 1.54) is 0 Å². The maximum Gasteiger partial charge on any atom is 0.162 e. The Balaban J connectivity index is 2.04. The van der Waals surface area contributed by atoms with E-state index < -0.39 is 0 Å². The van der Waals surface area contributed by atoms with E-state index >= 15 is 0 Å². The lowest BCUT2D eigenvalue weighted by molar-refractivity contribution is 0.171. The van der Waals surface area contributed by atoms with Crippen molar-refractivity contribution in [1.82, 2.24) is 4.98 Å². The zero-order valence-electron chi connectivity index (χ0n) is 9.02. The van der Waals surface area contributed by atoms with Gasteiger partial charge in [0.2, 0.25) is 0 Å². The SMILES string of the molecule is Clc1cccc(-c2ccc3c(c2)OCCO3)n1. The molecule has 3 rings (SSSR count). The average molecular weight is 248 g/mol. The van der Waals surface area contributed by atoms with Crippen molar-refractivity contribution in [3.63, 3.8) is 0 Å². The number of benzene rings is 1. The van der Waals surface area contributed by atoms with Crippen LogP contribution in [0.3, 0.4) is 0 Å². The summed E-state index contributed by atoms with van der Waals surface area (Å²) >= 11 is 5.87. The van der Waals surface area contributed by atoms with Crippen molar-refractivity contribution < 1.29 is 9.47 Å². The number of hydrogen-bond acceptors (Lipinski definition) is 3. The largest absolute Gasteiger partial charge is 0.486 e. The number of pyridine rings is 1. The first-order valence-electron chi connectivity index (χ1n) is 5.35. The molecule has 1 aromatic heterocycles. The average Bonchev–Trinajstić information content (AvgIpc) is 2.38. The van der Waals surface area contributed by atoms with Gasteiger partial charge in [0.25, 0.3) is 0 Å². The minimum absolute atomic E-state index is 0.484. The Kier molecular flexibility index (Phi) is 2.61. The second-order valence-electron chi connectivity index (χ2n) is 3.70. The second kappa shape index (κ2) is 4.26. The van der Waals surface area contributed by atoms with Crippen molar-refractivity contribution in [3.05, 3.63) is 41.6 Å². The monoisotopic (exact) mass is 247 g/mol. The van der Waals surface area contributed by atoms with Gasteiger partial charge in [-0.3, -0.25) is 0 Å². The van der Waals surface area contributed by atoms with E-state index in [4.69, 9.17) is 21.1 Å². The predicted octanol–water partition coefficient (Wildman–Crippen LogP) is 3.17. The number of ether oxygens (including phenoxy) is 2. The number of aromatic nitrogens is 1. The fourth-order valence-electron chi connectivity index (χ4n) is 1.77. The predicted molar refractivity (Wildman–Crippen MR) is 65.7 cm³/mol. The molecule has 86 valence electrons. The van der Waals surface area contributed by atoms with E-state index in [-0.39, 0.29) is 0 Å². The molecule has 0 fully saturated rings. The Morgan fingerprint density at radius 3 is 2.65 bits per heavy atom. The first kappa shape index (κ1) is 10.4. The third-order valence-corrected chi connectivity index (χ3v) is 2.76. The van der Waals surface area contributed by atoms with Gasteiger partial charge in [-0.25, -0.2) is 4.98 Å². The molecule has 0 unspecified atom stereocenters. The molecule has 1 aliphatic rings. The van der Waals surface area contributed by atoms with Gasteiger partial charge in [-0.15, -0.1) is 0 Å². The summed E-state index contributed by atoms with van der Waals surface area (Å²) in [5, 5.41) is 0.484. The van der Waals surface area contributed by atoms with Gasteiger partial charge < -0.3 is 9.47 Å². The highest BCUT2D eigenvalue weighted by atomic mass is 35.5. The molecule has 0 amide bonds. The van der Waals surface area contributed by atoms with Crippen molar-refractivity contribution >= 4 is 11.6 Å². The molecule has 0 saturated carbocycles. The quantitative estimate of drug-likeness (QED) is 0.726. The Morgan fingerprint density at radius 1 is 1.00 bits per heavy atom. The van der Waals surface area contributed by atoms with E-state index in [2.05, 4.69) is 4.98 Å². The molecule has 4 heteroatoms. The van der Waals surface area contributed by atoms with Crippen LogP contribution < -0.4 is 9.47 Å². The summed E-state index contributed by atoms with van der Waals surface area (Å²) in [6, 6.07) is 11.3. The van der Waals surface area contributed by atoms with Crippen LogP contribution in [0.4, 0.5) is 0 Å². The van der Waals surface area contributed by atoms with Crippen LogP contribution in [-0.4, -0.2) is 18.2 Å². The molecule has 0 saturated heterocycles. The van der Waals surface area contributed by atoms with Crippen molar-refractivity contribution in [1.29, 1.82) is 0 Å². The van der Waals surface area contributed by atoms with E-state index in [1.807, 2.05) is 30.3 Å². The first-order chi connectivity index (χ1) is 8.33. The van der Waals surface area contributed by atoms with Crippen molar-refractivity contribution in [2.75, 3.05) is 13.2 Å². The van der Waals surface area contributed by atoms with Gasteiger partial charge in [0.05, 0.1) is 5.69 Å². The summed E-state index contributed by atoms with van der Waals surface area (Å²) < 4.78 is 11.0. The molecular formula is C13H10ClNO2. The molecule has 1 aromatic carbocycles. The van der Waals surface area contributed by atoms with Crippen LogP contribution >= 0.6 is 11.6 Å². The molecule has 0 bridgehead atoms. The zero-order chi connectivity index (χ0) is 11.7. The lowest BCUT2D eigenvalue weighted by Gasteiger charge is -2.18. The van der Waals surface area contributed by atoms with Crippen LogP contribution in [0.1, 0.15) is 0 Å². The number of hydrogen-bond donors (Lipinski definition) is 0. The molecule has 1 aliphatic heterocycles. The standard InChI is InChI=1S/C13H10ClNO2/c14-13-3-1-2-10(15-13)9-4-5-11-12(8-9)17-7-6-16-11/h1-5,8H,6-7H2. The Morgan fingerprint density at radius 2 is 1.82 bits per heavy atom. The highest BCUT2D eigenvalue weighted by Crippen LogP contribution is 2.34. The highest BCUT2D eigenvalue weighted by molar-refractivity contribution is 6.29. The van der Waals surface area contributed by atoms with Gasteiger partial charge in [-0.05, 0) is 30.3 Å². The number of fused-ring (bicyclic) bond motifs is 1. The van der Waals surface area contributed by atoms with Crippen molar-refractivity contribution in [2.24, 2.45) is 0 Å². The number of halogens is 1. The normalized spacial score (nSPS) is 13.5. The molecule has 0 atom stereocenters. The summed E-state index contributed by atoms with van der Waals surface area (Å²) in [7, 11) is 0. The van der Waals surface area contributed by atoms with Crippen LogP contribution in [0.2, 0.25) is 5.15 Å². The topological polar surface area (TPSA) is 31.4 Å². The minimum Gasteiger partial charge on any atom is -0.486 e. The van der Waals surface area contributed by atoms with Gasteiger partial charge >= 0.3 is 0 Å². The van der Waals surface area contributed by atoms with Crippen LogP contribution in [-0.2, 0) is 0 Å². The van der Waals surface area contributed by atoms with Gasteiger partial charge in [0.15, 0.2) is 11.5 Å². The summed E-state index contributed by atoms with van der Waals surface area (Å²) in [5.74, 6) is 1.54. The summed E-state index contributed by atoms with van der Waals surface area (Å²) in [5.41, 5.74) is 1.80. The van der Waals surface area contributed by atoms with E-state index in [0.29, 0.717) is 18.4 Å². The van der Waals surface area contributed by atoms with Crippen LogP contribution in [0.5, 0.6) is 11.5 Å². The first-order valence-corrected chi connectivity index (χ1v) is 5.73. The second-order valence-corrected chi connectivity index (χ2v) is 4.09. The molecule has 0 N–H and O–H groups in total. The zero-order valence-corrected chi connectivity index (χ0v) is 9.78. The molecular weight excluding hydrogens is 238 g/mol. The van der Waals surface area contributed by atoms with Gasteiger partial charge in [-0.1, -0.05) is 17.7 Å². The van der Waals surface area contributed by atoms with E-state index in [9.17, 15) is 0 Å². The molecule has 0 spiro atoms. The summed E-state index contributed by atoms with van der Waals surface area (Å²) in [6.07, 6.45) is 0. The fourth-order valence-corrected chi connectivity index (χ4v) is 1.94. The van der Waals surface area contributed by atoms with Crippen molar-refractivity contribution in [3.8, 4) is 22.8 Å². The Hall–Kier alpha value is -1.74. The maximum absolute atomic E-state index is 5.87. The minimum atomic E-state index is 0.484. The van der Waals surface area contributed by atoms with Gasteiger partial charge in [0, 0.05) is 5.56 Å². The van der Waals surface area contributed by atoms with Crippen LogP contribution in [0.25, 0.3) is 11.3 Å².